The molecule has 1 aliphatic heterocycles. The van der Waals surface area contributed by atoms with E-state index in [4.69, 9.17) is 4.74 Å². The molecule has 3 fully saturated rings. The lowest BCUT2D eigenvalue weighted by Crippen LogP contribution is -2.45. The Hall–Kier alpha value is -3.41. The van der Waals surface area contributed by atoms with Crippen LogP contribution in [0.3, 0.4) is 0 Å². The minimum Gasteiger partial charge on any atom is -0.497 e. The molecule has 6 heteroatoms. The predicted octanol–water partition coefficient (Wildman–Crippen LogP) is 3.35. The van der Waals surface area contributed by atoms with Gasteiger partial charge in [-0.25, -0.2) is 0 Å². The molecule has 1 saturated heterocycles. The van der Waals surface area contributed by atoms with E-state index in [1.54, 1.807) is 55.6 Å². The number of rotatable bonds is 5. The van der Waals surface area contributed by atoms with E-state index in [1.165, 1.54) is 9.80 Å². The van der Waals surface area contributed by atoms with Crippen molar-refractivity contribution >= 4 is 23.4 Å². The Morgan fingerprint density at radius 1 is 0.938 bits per heavy atom. The number of anilines is 1. The molecule has 3 amide bonds. The number of methoxy groups -OCH3 is 1. The average molecular weight is 428 g/mol. The van der Waals surface area contributed by atoms with Crippen LogP contribution in [0.4, 0.5) is 5.69 Å². The molecule has 5 aliphatic rings. The van der Waals surface area contributed by atoms with Crippen molar-refractivity contribution in [2.45, 2.75) is 6.42 Å². The molecule has 32 heavy (non-hydrogen) atoms. The molecule has 2 saturated carbocycles. The summed E-state index contributed by atoms with van der Waals surface area (Å²) >= 11 is 0. The van der Waals surface area contributed by atoms with Crippen LogP contribution in [0, 0.1) is 35.5 Å². The number of hydrogen-bond donors (Lipinski definition) is 0. The first kappa shape index (κ1) is 19.3. The van der Waals surface area contributed by atoms with E-state index in [9.17, 15) is 14.4 Å². The third-order valence-electron chi connectivity index (χ3n) is 7.69. The van der Waals surface area contributed by atoms with Gasteiger partial charge in [0.1, 0.15) is 12.4 Å². The summed E-state index contributed by atoms with van der Waals surface area (Å²) < 4.78 is 5.24. The summed E-state index contributed by atoms with van der Waals surface area (Å²) in [6, 6.07) is 16.0. The molecule has 0 aromatic heterocycles. The lowest BCUT2D eigenvalue weighted by Gasteiger charge is -2.37. The van der Waals surface area contributed by atoms with Gasteiger partial charge in [0.15, 0.2) is 0 Å². The van der Waals surface area contributed by atoms with Crippen molar-refractivity contribution in [1.29, 1.82) is 0 Å². The zero-order valence-electron chi connectivity index (χ0n) is 17.8. The largest absolute Gasteiger partial charge is 0.497 e. The van der Waals surface area contributed by atoms with Crippen molar-refractivity contribution < 1.29 is 19.1 Å². The van der Waals surface area contributed by atoms with Crippen molar-refractivity contribution in [3.8, 4) is 5.75 Å². The average Bonchev–Trinajstić information content (AvgIpc) is 3.63. The second kappa shape index (κ2) is 7.05. The Morgan fingerprint density at radius 2 is 1.53 bits per heavy atom. The number of allylic oxidation sites excluding steroid dienone is 2. The number of hydrogen-bond acceptors (Lipinski definition) is 4. The number of nitrogens with zero attached hydrogens (tertiary/aromatic N) is 2. The maximum Gasteiger partial charge on any atom is 0.259 e. The van der Waals surface area contributed by atoms with Gasteiger partial charge in [-0.05, 0) is 66.5 Å². The molecule has 0 radical (unpaired) electrons. The Bertz CT molecular complexity index is 1090. The van der Waals surface area contributed by atoms with Crippen LogP contribution >= 0.6 is 0 Å². The molecule has 2 aromatic rings. The Balaban J connectivity index is 1.33. The second-order valence-electron chi connectivity index (χ2n) is 9.20. The molecule has 6 nitrogen and oxygen atoms in total. The molecule has 7 rings (SSSR count). The number of ether oxygens (including phenoxy) is 1. The fourth-order valence-corrected chi connectivity index (χ4v) is 6.06. The van der Waals surface area contributed by atoms with Gasteiger partial charge in [-0.2, -0.15) is 0 Å². The summed E-state index contributed by atoms with van der Waals surface area (Å²) in [4.78, 5) is 43.2. The Kier molecular flexibility index (Phi) is 4.25. The van der Waals surface area contributed by atoms with Crippen molar-refractivity contribution in [1.82, 2.24) is 4.90 Å². The van der Waals surface area contributed by atoms with E-state index in [0.29, 0.717) is 28.8 Å². The summed E-state index contributed by atoms with van der Waals surface area (Å²) in [5.74, 6) is 1.02. The summed E-state index contributed by atoms with van der Waals surface area (Å²) in [7, 11) is 1.58. The van der Waals surface area contributed by atoms with E-state index in [0.717, 1.165) is 6.42 Å². The molecule has 1 heterocycles. The van der Waals surface area contributed by atoms with Crippen LogP contribution in [0.5, 0.6) is 5.75 Å². The van der Waals surface area contributed by atoms with E-state index in [-0.39, 0.29) is 48.1 Å². The molecule has 0 unspecified atom stereocenters. The van der Waals surface area contributed by atoms with Crippen LogP contribution < -0.4 is 9.64 Å². The highest BCUT2D eigenvalue weighted by Crippen LogP contribution is 2.65. The van der Waals surface area contributed by atoms with Crippen molar-refractivity contribution in [3.63, 3.8) is 0 Å². The highest BCUT2D eigenvalue weighted by atomic mass is 16.5. The topological polar surface area (TPSA) is 66.9 Å². The standard InChI is InChI=1S/C26H24N2O4/c1-32-17-9-7-16(8-10-17)27(24(29)15-5-3-2-4-6-15)14-28-25(30)22-18-11-12-19(21-13-20(18)21)23(22)26(28)31/h2-12,18-23H,13-14H2,1H3/t18-,19-,20-,21+,22-,23+/m1/s1. The minimum atomic E-state index is -0.272. The fourth-order valence-electron chi connectivity index (χ4n) is 6.06. The number of carbonyl (C=O) groups excluding carboxylic acids is 3. The van der Waals surface area contributed by atoms with Gasteiger partial charge in [0.05, 0.1) is 18.9 Å². The van der Waals surface area contributed by atoms with Gasteiger partial charge >= 0.3 is 0 Å². The van der Waals surface area contributed by atoms with Gasteiger partial charge < -0.3 is 4.74 Å². The lowest BCUT2D eigenvalue weighted by atomic mass is 9.63. The first-order valence-corrected chi connectivity index (χ1v) is 11.1. The van der Waals surface area contributed by atoms with Crippen LogP contribution in [0.2, 0.25) is 0 Å². The third-order valence-corrected chi connectivity index (χ3v) is 7.69. The van der Waals surface area contributed by atoms with Crippen LogP contribution in [0.1, 0.15) is 16.8 Å². The molecule has 2 aromatic carbocycles. The third kappa shape index (κ3) is 2.75. The van der Waals surface area contributed by atoms with Gasteiger partial charge in [0.25, 0.3) is 5.91 Å². The van der Waals surface area contributed by atoms with Gasteiger partial charge in [-0.3, -0.25) is 24.2 Å². The monoisotopic (exact) mass is 428 g/mol. The minimum absolute atomic E-state index is 0.0838. The van der Waals surface area contributed by atoms with Crippen LogP contribution in [0.25, 0.3) is 0 Å². The van der Waals surface area contributed by atoms with Gasteiger partial charge in [-0.15, -0.1) is 0 Å². The van der Waals surface area contributed by atoms with Crippen LogP contribution in [-0.2, 0) is 9.59 Å². The highest BCUT2D eigenvalue weighted by Gasteiger charge is 2.67. The fraction of sp³-hybridized carbons (Fsp3) is 0.346. The first-order chi connectivity index (χ1) is 15.6. The van der Waals surface area contributed by atoms with E-state index >= 15 is 0 Å². The van der Waals surface area contributed by atoms with Crippen molar-refractivity contribution in [2.75, 3.05) is 18.7 Å². The summed E-state index contributed by atoms with van der Waals surface area (Å²) in [5.41, 5.74) is 1.11. The SMILES string of the molecule is COc1ccc(N(CN2C(=O)[C@@H]3[C@@H]4C=C[C@H]([C@@H]5C[C@H]45)[C@@H]3C2=O)C(=O)c2ccccc2)cc1. The lowest BCUT2D eigenvalue weighted by molar-refractivity contribution is -0.140. The smallest absolute Gasteiger partial charge is 0.259 e. The summed E-state index contributed by atoms with van der Waals surface area (Å²) in [6.45, 7) is -0.0838. The van der Waals surface area contributed by atoms with Gasteiger partial charge in [-0.1, -0.05) is 30.4 Å². The normalized spacial score (nSPS) is 31.3. The maximum atomic E-state index is 13.4. The molecule has 162 valence electrons. The summed E-state index contributed by atoms with van der Waals surface area (Å²) in [5, 5.41) is 0. The number of amides is 3. The molecular weight excluding hydrogens is 404 g/mol. The summed E-state index contributed by atoms with van der Waals surface area (Å²) in [6.07, 6.45) is 5.44. The Morgan fingerprint density at radius 3 is 2.09 bits per heavy atom. The predicted molar refractivity (Wildman–Crippen MR) is 118 cm³/mol. The zero-order valence-corrected chi connectivity index (χ0v) is 17.8. The quantitative estimate of drug-likeness (QED) is 0.541. The maximum absolute atomic E-state index is 13.4. The zero-order chi connectivity index (χ0) is 22.0. The van der Waals surface area contributed by atoms with E-state index < -0.39 is 0 Å². The number of carbonyl (C=O) groups is 3. The Labute approximate surface area is 186 Å². The van der Waals surface area contributed by atoms with Gasteiger partial charge in [0, 0.05) is 11.3 Å². The molecule has 2 bridgehead atoms. The van der Waals surface area contributed by atoms with Gasteiger partial charge in [0.2, 0.25) is 11.8 Å². The van der Waals surface area contributed by atoms with Crippen LogP contribution in [0.15, 0.2) is 66.7 Å². The number of likely N-dealkylation sites (tertiary alicyclic amines) is 1. The van der Waals surface area contributed by atoms with Crippen molar-refractivity contribution in [3.05, 3.63) is 72.3 Å². The molecule has 4 aliphatic carbocycles. The van der Waals surface area contributed by atoms with Crippen LogP contribution in [-0.4, -0.2) is 36.4 Å². The molecule has 0 N–H and O–H groups in total. The van der Waals surface area contributed by atoms with Crippen molar-refractivity contribution in [2.24, 2.45) is 35.5 Å². The second-order valence-corrected chi connectivity index (χ2v) is 9.20. The number of imide groups is 1. The molecule has 6 atom stereocenters. The van der Waals surface area contributed by atoms with E-state index in [1.807, 2.05) is 6.07 Å². The first-order valence-electron chi connectivity index (χ1n) is 11.1. The highest BCUT2D eigenvalue weighted by molar-refractivity contribution is 6.09. The molecule has 0 spiro atoms. The number of benzene rings is 2. The van der Waals surface area contributed by atoms with E-state index in [2.05, 4.69) is 12.2 Å². The molecular formula is C26H24N2O4.